The number of fused-ring (bicyclic) bond motifs is 2. The van der Waals surface area contributed by atoms with E-state index in [1.807, 2.05) is 42.5 Å². The van der Waals surface area contributed by atoms with Crippen LogP contribution >= 0.6 is 22.7 Å². The Morgan fingerprint density at radius 3 is 2.93 bits per heavy atom. The molecule has 0 amide bonds. The van der Waals surface area contributed by atoms with Crippen molar-refractivity contribution in [3.05, 3.63) is 59.1 Å². The molecule has 29 heavy (non-hydrogen) atoms. The van der Waals surface area contributed by atoms with E-state index in [0.29, 0.717) is 18.0 Å². The zero-order valence-corrected chi connectivity index (χ0v) is 16.6. The molecule has 9 heteroatoms. The highest BCUT2D eigenvalue weighted by molar-refractivity contribution is 7.22. The lowest BCUT2D eigenvalue weighted by Crippen LogP contribution is -2.17. The van der Waals surface area contributed by atoms with Crippen LogP contribution in [0.2, 0.25) is 0 Å². The number of carbonyl (C=O) groups is 1. The summed E-state index contributed by atoms with van der Waals surface area (Å²) in [4.78, 5) is 19.8. The van der Waals surface area contributed by atoms with Crippen LogP contribution in [-0.2, 0) is 0 Å². The smallest absolute Gasteiger partial charge is 0.355 e. The highest BCUT2D eigenvalue weighted by Crippen LogP contribution is 2.32. The molecule has 4 aromatic rings. The van der Waals surface area contributed by atoms with Gasteiger partial charge >= 0.3 is 5.97 Å². The van der Waals surface area contributed by atoms with Crippen LogP contribution in [0.15, 0.2) is 52.9 Å². The fourth-order valence-electron chi connectivity index (χ4n) is 3.06. The van der Waals surface area contributed by atoms with E-state index in [1.165, 1.54) is 16.7 Å². The first-order valence-corrected chi connectivity index (χ1v) is 10.5. The number of aromatic carboxylic acids is 1. The molecule has 1 aliphatic heterocycles. The Kier molecular flexibility index (Phi) is 4.45. The first kappa shape index (κ1) is 17.8. The van der Waals surface area contributed by atoms with Crippen molar-refractivity contribution in [2.45, 2.75) is 6.42 Å². The van der Waals surface area contributed by atoms with Crippen LogP contribution in [0.25, 0.3) is 20.8 Å². The molecule has 0 radical (unpaired) electrons. The fourth-order valence-corrected chi connectivity index (χ4v) is 4.66. The van der Waals surface area contributed by atoms with Gasteiger partial charge in [0.05, 0.1) is 22.5 Å². The Bertz CT molecular complexity index is 1230. The summed E-state index contributed by atoms with van der Waals surface area (Å²) in [5.41, 5.74) is 6.62. The Balaban J connectivity index is 1.46. The van der Waals surface area contributed by atoms with Crippen molar-refractivity contribution < 1.29 is 14.6 Å². The number of carboxylic acids is 1. The van der Waals surface area contributed by atoms with Crippen LogP contribution in [0.5, 0.6) is 5.75 Å². The van der Waals surface area contributed by atoms with Gasteiger partial charge in [0.1, 0.15) is 10.8 Å². The van der Waals surface area contributed by atoms with Gasteiger partial charge in [0.25, 0.3) is 0 Å². The average Bonchev–Trinajstić information content (AvgIpc) is 3.39. The minimum atomic E-state index is -1.03. The lowest BCUT2D eigenvalue weighted by molar-refractivity contribution is 0.0691. The van der Waals surface area contributed by atoms with Gasteiger partial charge in [0.15, 0.2) is 5.69 Å². The van der Waals surface area contributed by atoms with Crippen LogP contribution in [0.1, 0.15) is 22.5 Å². The molecule has 144 valence electrons. The van der Waals surface area contributed by atoms with Gasteiger partial charge in [0, 0.05) is 22.9 Å². The van der Waals surface area contributed by atoms with E-state index in [9.17, 15) is 4.79 Å². The Labute approximate surface area is 173 Å². The second-order valence-corrected chi connectivity index (χ2v) is 8.20. The number of para-hydroxylation sites is 1. The molecule has 2 aromatic heterocycles. The normalized spacial score (nSPS) is 14.6. The third kappa shape index (κ3) is 3.45. The largest absolute Gasteiger partial charge is 0.492 e. The van der Waals surface area contributed by atoms with Crippen molar-refractivity contribution in [3.8, 4) is 16.3 Å². The molecule has 2 N–H and O–H groups in total. The van der Waals surface area contributed by atoms with Crippen LogP contribution in [-0.4, -0.2) is 33.4 Å². The number of benzene rings is 2. The predicted octanol–water partition coefficient (Wildman–Crippen LogP) is 4.72. The highest BCUT2D eigenvalue weighted by atomic mass is 32.1. The molecule has 0 aliphatic carbocycles. The van der Waals surface area contributed by atoms with Crippen LogP contribution < -0.4 is 10.2 Å². The van der Waals surface area contributed by atoms with E-state index < -0.39 is 5.97 Å². The van der Waals surface area contributed by atoms with E-state index in [0.717, 1.165) is 37.9 Å². The Morgan fingerprint density at radius 2 is 2.10 bits per heavy atom. The second-order valence-electron chi connectivity index (χ2n) is 6.31. The molecule has 5 rings (SSSR count). The van der Waals surface area contributed by atoms with Crippen molar-refractivity contribution >= 4 is 49.7 Å². The molecule has 3 heterocycles. The van der Waals surface area contributed by atoms with Gasteiger partial charge in [-0.2, -0.15) is 5.10 Å². The molecule has 7 nitrogen and oxygen atoms in total. The van der Waals surface area contributed by atoms with E-state index in [-0.39, 0.29) is 5.69 Å². The van der Waals surface area contributed by atoms with E-state index in [2.05, 4.69) is 20.5 Å². The molecule has 0 saturated carbocycles. The van der Waals surface area contributed by atoms with E-state index >= 15 is 0 Å². The third-order valence-corrected chi connectivity index (χ3v) is 6.27. The van der Waals surface area contributed by atoms with Gasteiger partial charge in [-0.15, -0.1) is 11.3 Å². The van der Waals surface area contributed by atoms with E-state index in [1.54, 1.807) is 11.3 Å². The quantitative estimate of drug-likeness (QED) is 0.462. The zero-order valence-electron chi connectivity index (χ0n) is 15.0. The van der Waals surface area contributed by atoms with Gasteiger partial charge in [-0.3, -0.25) is 5.43 Å². The van der Waals surface area contributed by atoms with Crippen LogP contribution in [0, 0.1) is 0 Å². The lowest BCUT2D eigenvalue weighted by Gasteiger charge is -2.19. The van der Waals surface area contributed by atoms with Crippen molar-refractivity contribution in [1.82, 2.24) is 9.97 Å². The summed E-state index contributed by atoms with van der Waals surface area (Å²) in [6, 6.07) is 13.6. The maximum atomic E-state index is 11.1. The third-order valence-electron chi connectivity index (χ3n) is 4.44. The molecular weight excluding hydrogens is 408 g/mol. The fraction of sp³-hybridized carbons (Fsp3) is 0.100. The summed E-state index contributed by atoms with van der Waals surface area (Å²) >= 11 is 2.85. The minimum Gasteiger partial charge on any atom is -0.492 e. The summed E-state index contributed by atoms with van der Waals surface area (Å²) in [6.07, 6.45) is 0.659. The van der Waals surface area contributed by atoms with Crippen molar-refractivity contribution in [3.63, 3.8) is 0 Å². The highest BCUT2D eigenvalue weighted by Gasteiger charge is 2.19. The molecule has 1 aliphatic rings. The summed E-state index contributed by atoms with van der Waals surface area (Å²) in [6.45, 7) is 0.549. The van der Waals surface area contributed by atoms with Gasteiger partial charge < -0.3 is 9.84 Å². The predicted molar refractivity (Wildman–Crippen MR) is 114 cm³/mol. The van der Waals surface area contributed by atoms with Gasteiger partial charge in [-0.25, -0.2) is 14.8 Å². The summed E-state index contributed by atoms with van der Waals surface area (Å²) in [5.74, 6) is -0.282. The van der Waals surface area contributed by atoms with Crippen molar-refractivity contribution in [1.29, 1.82) is 0 Å². The first-order valence-electron chi connectivity index (χ1n) is 8.82. The summed E-state index contributed by atoms with van der Waals surface area (Å²) in [7, 11) is 0. The number of ether oxygens (including phenoxy) is 1. The maximum absolute atomic E-state index is 11.1. The minimum absolute atomic E-state index is 0.0466. The molecule has 2 aromatic carbocycles. The number of aromatic nitrogens is 2. The van der Waals surface area contributed by atoms with Crippen LogP contribution in [0.4, 0.5) is 5.13 Å². The number of nitrogens with zero attached hydrogens (tertiary/aromatic N) is 3. The van der Waals surface area contributed by atoms with Crippen molar-refractivity contribution in [2.24, 2.45) is 5.10 Å². The van der Waals surface area contributed by atoms with Gasteiger partial charge in [-0.1, -0.05) is 23.5 Å². The first-order chi connectivity index (χ1) is 14.2. The Morgan fingerprint density at radius 1 is 1.21 bits per heavy atom. The zero-order chi connectivity index (χ0) is 19.8. The number of anilines is 1. The number of hydrazone groups is 1. The second kappa shape index (κ2) is 7.26. The Hall–Kier alpha value is -3.30. The standard InChI is InChI=1S/C20H14N4O3S2/c25-19(26)15-10-28-18(21-15)11-5-6-16-12(9-11)13(7-8-27-16)23-24-20-22-14-3-1-2-4-17(14)29-20/h1-6,9-10H,7-8H2,(H,22,24)(H,25,26)/b23-13-. The molecule has 0 fully saturated rings. The van der Waals surface area contributed by atoms with Crippen LogP contribution in [0.3, 0.4) is 0 Å². The SMILES string of the molecule is O=C(O)c1csc(-c2ccc3c(c2)/C(=N\Nc2nc4ccccc4s2)CCO3)n1. The summed E-state index contributed by atoms with van der Waals surface area (Å²) < 4.78 is 6.86. The molecule has 0 unspecified atom stereocenters. The monoisotopic (exact) mass is 422 g/mol. The molecule has 0 saturated heterocycles. The number of rotatable bonds is 4. The number of carboxylic acid groups (broad SMARTS) is 1. The lowest BCUT2D eigenvalue weighted by atomic mass is 10.0. The number of hydrogen-bond donors (Lipinski definition) is 2. The van der Waals surface area contributed by atoms with Gasteiger partial charge in [-0.05, 0) is 30.3 Å². The topological polar surface area (TPSA) is 96.7 Å². The number of hydrogen-bond acceptors (Lipinski definition) is 8. The van der Waals surface area contributed by atoms with Gasteiger partial charge in [0.2, 0.25) is 5.13 Å². The molecule has 0 atom stereocenters. The average molecular weight is 422 g/mol. The molecule has 0 spiro atoms. The van der Waals surface area contributed by atoms with Crippen molar-refractivity contribution in [2.75, 3.05) is 12.0 Å². The molecular formula is C20H14N4O3S2. The number of thiazole rings is 2. The number of nitrogens with one attached hydrogen (secondary N) is 1. The van der Waals surface area contributed by atoms with E-state index in [4.69, 9.17) is 9.84 Å². The maximum Gasteiger partial charge on any atom is 0.355 e. The molecule has 0 bridgehead atoms. The summed E-state index contributed by atoms with van der Waals surface area (Å²) in [5, 5.41) is 16.6.